The molecule has 15 heavy (non-hydrogen) atoms. The summed E-state index contributed by atoms with van der Waals surface area (Å²) in [6.07, 6.45) is 0. The summed E-state index contributed by atoms with van der Waals surface area (Å²) in [5.74, 6) is -3.01. The lowest BCUT2D eigenvalue weighted by molar-refractivity contribution is -0.0203. The summed E-state index contributed by atoms with van der Waals surface area (Å²) in [7, 11) is 1.34. The molecule has 1 aromatic rings. The average molecular weight is 212 g/mol. The van der Waals surface area contributed by atoms with E-state index >= 15 is 0 Å². The van der Waals surface area contributed by atoms with E-state index in [2.05, 4.69) is 5.32 Å². The Morgan fingerprint density at radius 1 is 1.40 bits per heavy atom. The third kappa shape index (κ3) is 1.65. The van der Waals surface area contributed by atoms with Crippen molar-refractivity contribution in [3.63, 3.8) is 0 Å². The maximum absolute atomic E-state index is 13.6. The van der Waals surface area contributed by atoms with Crippen LogP contribution in [0.2, 0.25) is 0 Å². The van der Waals surface area contributed by atoms with E-state index < -0.39 is 18.5 Å². The fourth-order valence-electron chi connectivity index (χ4n) is 1.58. The third-order valence-electron chi connectivity index (χ3n) is 2.35. The Hall–Kier alpha value is -1.65. The lowest BCUT2D eigenvalue weighted by Gasteiger charge is -2.19. The number of anilines is 1. The number of fused-ring (bicyclic) bond motifs is 1. The van der Waals surface area contributed by atoms with E-state index in [1.165, 1.54) is 25.2 Å². The van der Waals surface area contributed by atoms with Gasteiger partial charge in [-0.05, 0) is 6.07 Å². The van der Waals surface area contributed by atoms with E-state index in [-0.39, 0.29) is 11.3 Å². The molecule has 0 aliphatic carbocycles. The highest BCUT2D eigenvalue weighted by Crippen LogP contribution is 2.36. The molecule has 0 aromatic heterocycles. The fourth-order valence-corrected chi connectivity index (χ4v) is 1.58. The Morgan fingerprint density at radius 3 is 2.80 bits per heavy atom. The van der Waals surface area contributed by atoms with Crippen molar-refractivity contribution in [1.29, 1.82) is 0 Å². The van der Waals surface area contributed by atoms with Gasteiger partial charge in [0, 0.05) is 12.6 Å². The molecule has 0 bridgehead atoms. The van der Waals surface area contributed by atoms with Crippen molar-refractivity contribution in [2.24, 2.45) is 0 Å². The van der Waals surface area contributed by atoms with E-state index in [1.54, 1.807) is 6.07 Å². The number of halogens is 2. The topological polar surface area (TPSA) is 32.3 Å². The first-order valence-electron chi connectivity index (χ1n) is 4.50. The fraction of sp³-hybridized carbons (Fsp3) is 0.300. The molecule has 0 unspecified atom stereocenters. The minimum Gasteiger partial charge on any atom is -0.321 e. The molecular weight excluding hydrogens is 202 g/mol. The Labute approximate surface area is 85.7 Å². The van der Waals surface area contributed by atoms with Crippen LogP contribution in [0.25, 0.3) is 0 Å². The zero-order chi connectivity index (χ0) is 11.1. The van der Waals surface area contributed by atoms with Crippen molar-refractivity contribution in [3.05, 3.63) is 29.8 Å². The zero-order valence-corrected chi connectivity index (χ0v) is 8.13. The van der Waals surface area contributed by atoms with Gasteiger partial charge in [-0.25, -0.2) is 4.79 Å². The van der Waals surface area contributed by atoms with Gasteiger partial charge in [0.2, 0.25) is 0 Å². The third-order valence-corrected chi connectivity index (χ3v) is 2.35. The van der Waals surface area contributed by atoms with Crippen LogP contribution in [0.15, 0.2) is 24.3 Å². The number of urea groups is 1. The number of benzene rings is 1. The van der Waals surface area contributed by atoms with Crippen LogP contribution in [0, 0.1) is 0 Å². The van der Waals surface area contributed by atoms with Gasteiger partial charge in [-0.2, -0.15) is 8.78 Å². The van der Waals surface area contributed by atoms with E-state index in [4.69, 9.17) is 0 Å². The molecule has 0 spiro atoms. The standard InChI is InChI=1S/C10H10F2N2O/c1-14-6-10(11,12)7-4-2-3-5-8(7)13-9(14)15/h2-5H,6H2,1H3,(H,13,15). The predicted molar refractivity (Wildman–Crippen MR) is 52.0 cm³/mol. The number of alkyl halides is 2. The van der Waals surface area contributed by atoms with Gasteiger partial charge in [0.1, 0.15) is 0 Å². The van der Waals surface area contributed by atoms with Crippen LogP contribution in [-0.2, 0) is 5.92 Å². The van der Waals surface area contributed by atoms with Gasteiger partial charge >= 0.3 is 6.03 Å². The van der Waals surface area contributed by atoms with E-state index in [1.807, 2.05) is 0 Å². The monoisotopic (exact) mass is 212 g/mol. The number of para-hydroxylation sites is 1. The van der Waals surface area contributed by atoms with Crippen LogP contribution in [-0.4, -0.2) is 24.5 Å². The molecule has 2 rings (SSSR count). The zero-order valence-electron chi connectivity index (χ0n) is 8.13. The van der Waals surface area contributed by atoms with Crippen LogP contribution in [0.3, 0.4) is 0 Å². The first kappa shape index (κ1) is 9.89. The molecule has 1 heterocycles. The average Bonchev–Trinajstić information content (AvgIpc) is 2.24. The number of nitrogens with one attached hydrogen (secondary N) is 1. The summed E-state index contributed by atoms with van der Waals surface area (Å²) < 4.78 is 27.3. The summed E-state index contributed by atoms with van der Waals surface area (Å²) in [5.41, 5.74) is 0.0413. The number of nitrogens with zero attached hydrogens (tertiary/aromatic N) is 1. The lowest BCUT2D eigenvalue weighted by Crippen LogP contribution is -2.35. The van der Waals surface area contributed by atoms with Crippen molar-refractivity contribution in [2.75, 3.05) is 18.9 Å². The van der Waals surface area contributed by atoms with Gasteiger partial charge in [-0.15, -0.1) is 0 Å². The minimum atomic E-state index is -3.01. The van der Waals surface area contributed by atoms with E-state index in [9.17, 15) is 13.6 Å². The molecule has 1 N–H and O–H groups in total. The summed E-state index contributed by atoms with van der Waals surface area (Å²) in [4.78, 5) is 12.3. The van der Waals surface area contributed by atoms with Crippen LogP contribution in [0.5, 0.6) is 0 Å². The Kier molecular flexibility index (Phi) is 2.10. The second kappa shape index (κ2) is 3.18. The molecule has 80 valence electrons. The van der Waals surface area contributed by atoms with Crippen molar-refractivity contribution >= 4 is 11.7 Å². The van der Waals surface area contributed by atoms with Gasteiger partial charge in [0.05, 0.1) is 12.2 Å². The largest absolute Gasteiger partial charge is 0.321 e. The number of likely N-dealkylation sites (N-methyl/N-ethyl adjacent to an activating group) is 1. The SMILES string of the molecule is CN1CC(F)(F)c2ccccc2NC1=O. The van der Waals surface area contributed by atoms with Crippen LogP contribution >= 0.6 is 0 Å². The molecule has 5 heteroatoms. The number of hydrogen-bond donors (Lipinski definition) is 1. The molecule has 1 aliphatic heterocycles. The molecule has 2 amide bonds. The first-order valence-corrected chi connectivity index (χ1v) is 4.50. The highest BCUT2D eigenvalue weighted by atomic mass is 19.3. The summed E-state index contributed by atoms with van der Waals surface area (Å²) >= 11 is 0. The molecule has 0 fully saturated rings. The second-order valence-corrected chi connectivity index (χ2v) is 3.54. The van der Waals surface area contributed by atoms with Crippen molar-refractivity contribution in [3.8, 4) is 0 Å². The molecule has 3 nitrogen and oxygen atoms in total. The maximum atomic E-state index is 13.6. The van der Waals surface area contributed by atoms with Gasteiger partial charge in [0.25, 0.3) is 5.92 Å². The number of carbonyl (C=O) groups excluding carboxylic acids is 1. The van der Waals surface area contributed by atoms with Gasteiger partial charge in [-0.1, -0.05) is 18.2 Å². The van der Waals surface area contributed by atoms with Gasteiger partial charge in [0.15, 0.2) is 0 Å². The molecule has 1 aliphatic rings. The molecule has 0 saturated heterocycles. The van der Waals surface area contributed by atoms with Gasteiger partial charge < -0.3 is 10.2 Å². The molecule has 0 atom stereocenters. The Balaban J connectivity index is 2.52. The van der Waals surface area contributed by atoms with Crippen molar-refractivity contribution < 1.29 is 13.6 Å². The Bertz CT molecular complexity index is 406. The molecule has 0 saturated carbocycles. The van der Waals surface area contributed by atoms with Gasteiger partial charge in [-0.3, -0.25) is 0 Å². The van der Waals surface area contributed by atoms with E-state index in [0.717, 1.165) is 4.90 Å². The molecule has 0 radical (unpaired) electrons. The molecular formula is C10H10F2N2O. The van der Waals surface area contributed by atoms with Crippen LogP contribution in [0.4, 0.5) is 19.3 Å². The first-order chi connectivity index (χ1) is 7.00. The van der Waals surface area contributed by atoms with Crippen LogP contribution in [0.1, 0.15) is 5.56 Å². The quantitative estimate of drug-likeness (QED) is 0.702. The lowest BCUT2D eigenvalue weighted by atomic mass is 10.1. The predicted octanol–water partition coefficient (Wildman–Crippen LogP) is 2.26. The number of rotatable bonds is 0. The highest BCUT2D eigenvalue weighted by Gasteiger charge is 2.39. The normalized spacial score (nSPS) is 19.1. The summed E-state index contributed by atoms with van der Waals surface area (Å²) in [6, 6.07) is 5.43. The Morgan fingerprint density at radius 2 is 2.07 bits per heavy atom. The van der Waals surface area contributed by atoms with Crippen molar-refractivity contribution in [2.45, 2.75) is 5.92 Å². The number of amides is 2. The highest BCUT2D eigenvalue weighted by molar-refractivity contribution is 5.91. The summed E-state index contributed by atoms with van der Waals surface area (Å²) in [6.45, 7) is -0.601. The minimum absolute atomic E-state index is 0.136. The smallest absolute Gasteiger partial charge is 0.321 e. The van der Waals surface area contributed by atoms with Crippen LogP contribution < -0.4 is 5.32 Å². The number of hydrogen-bond acceptors (Lipinski definition) is 1. The second-order valence-electron chi connectivity index (χ2n) is 3.54. The maximum Gasteiger partial charge on any atom is 0.321 e. The van der Waals surface area contributed by atoms with E-state index in [0.29, 0.717) is 0 Å². The van der Waals surface area contributed by atoms with Crippen molar-refractivity contribution in [1.82, 2.24) is 4.90 Å². The molecule has 1 aromatic carbocycles. The number of carbonyl (C=O) groups is 1. The summed E-state index contributed by atoms with van der Waals surface area (Å²) in [5, 5.41) is 2.43.